The number of carbonyl (C=O) groups is 1. The highest BCUT2D eigenvalue weighted by Gasteiger charge is 2.28. The molecule has 0 spiro atoms. The highest BCUT2D eigenvalue weighted by Crippen LogP contribution is 2.31. The lowest BCUT2D eigenvalue weighted by molar-refractivity contribution is -0.142. The van der Waals surface area contributed by atoms with Gasteiger partial charge in [0.15, 0.2) is 0 Å². The van der Waals surface area contributed by atoms with Gasteiger partial charge in [0.05, 0.1) is 17.4 Å². The minimum atomic E-state index is -4.37. The average Bonchev–Trinajstić information content (AvgIpc) is 3.47. The second-order valence-electron chi connectivity index (χ2n) is 7.78. The van der Waals surface area contributed by atoms with Crippen LogP contribution in [0.1, 0.15) is 16.2 Å². The van der Waals surface area contributed by atoms with Gasteiger partial charge in [0.25, 0.3) is 5.91 Å². The van der Waals surface area contributed by atoms with Gasteiger partial charge in [-0.1, -0.05) is 24.3 Å². The molecule has 5 aromatic rings. The summed E-state index contributed by atoms with van der Waals surface area (Å²) >= 11 is 1.29. The van der Waals surface area contributed by atoms with Crippen molar-refractivity contribution < 1.29 is 18.0 Å². The van der Waals surface area contributed by atoms with Gasteiger partial charge in [-0.15, -0.1) is 0 Å². The summed E-state index contributed by atoms with van der Waals surface area (Å²) in [4.78, 5) is 21.7. The number of aryl methyl sites for hydroxylation is 1. The Balaban J connectivity index is 1.41. The van der Waals surface area contributed by atoms with E-state index >= 15 is 0 Å². The second-order valence-corrected chi connectivity index (χ2v) is 8.53. The molecule has 0 aliphatic heterocycles. The third kappa shape index (κ3) is 4.90. The lowest BCUT2D eigenvalue weighted by atomic mass is 10.0. The number of anilines is 1. The van der Waals surface area contributed by atoms with Crippen LogP contribution in [0.5, 0.6) is 0 Å². The molecule has 3 heterocycles. The number of nitrogens with zero attached hydrogens (tertiary/aromatic N) is 5. The largest absolute Gasteiger partial charge is 0.408 e. The molecule has 0 bridgehead atoms. The van der Waals surface area contributed by atoms with Crippen molar-refractivity contribution in [2.75, 3.05) is 5.32 Å². The molecule has 0 fully saturated rings. The van der Waals surface area contributed by atoms with Crippen LogP contribution in [0.15, 0.2) is 67.1 Å². The molecule has 7 nitrogen and oxygen atoms in total. The molecule has 5 rings (SSSR count). The maximum Gasteiger partial charge on any atom is 0.408 e. The van der Waals surface area contributed by atoms with Crippen LogP contribution in [-0.4, -0.2) is 36.2 Å². The zero-order valence-electron chi connectivity index (χ0n) is 18.2. The number of rotatable bonds is 5. The van der Waals surface area contributed by atoms with Crippen molar-refractivity contribution >= 4 is 34.0 Å². The van der Waals surface area contributed by atoms with E-state index in [-0.39, 0.29) is 5.91 Å². The number of nitrogens with one attached hydrogen (secondary N) is 1. The molecular formula is C24H17F3N6OS. The van der Waals surface area contributed by atoms with E-state index in [4.69, 9.17) is 0 Å². The lowest BCUT2D eigenvalue weighted by Crippen LogP contribution is -2.17. The van der Waals surface area contributed by atoms with Crippen LogP contribution in [0.3, 0.4) is 0 Å². The topological polar surface area (TPSA) is 85.6 Å². The predicted molar refractivity (Wildman–Crippen MR) is 127 cm³/mol. The predicted octanol–water partition coefficient (Wildman–Crippen LogP) is 5.74. The number of hydrogen-bond donors (Lipinski definition) is 1. The Kier molecular flexibility index (Phi) is 5.77. The van der Waals surface area contributed by atoms with Crippen molar-refractivity contribution in [3.63, 3.8) is 0 Å². The molecule has 3 aromatic heterocycles. The standard InChI is InChI=1S/C24H17F3N6OS/c1-14-30-23(35-32-14)16-7-5-15(6-8-16)22(34)31-20-4-2-3-19-18(9-10-28-21(19)20)17-11-29-33(12-17)13-24(25,26)27/h2-12H,13H2,1H3,(H,31,34). The van der Waals surface area contributed by atoms with Gasteiger partial charge in [-0.3, -0.25) is 14.5 Å². The highest BCUT2D eigenvalue weighted by atomic mass is 32.1. The number of para-hydroxylation sites is 1. The fourth-order valence-corrected chi connectivity index (χ4v) is 4.35. The summed E-state index contributed by atoms with van der Waals surface area (Å²) in [6.07, 6.45) is -0.0933. The fraction of sp³-hybridized carbons (Fsp3) is 0.125. The van der Waals surface area contributed by atoms with E-state index in [0.717, 1.165) is 15.3 Å². The van der Waals surface area contributed by atoms with Gasteiger partial charge >= 0.3 is 6.18 Å². The Morgan fingerprint density at radius 1 is 1.09 bits per heavy atom. The van der Waals surface area contributed by atoms with Crippen LogP contribution in [0.25, 0.3) is 32.6 Å². The molecule has 0 atom stereocenters. The quantitative estimate of drug-likeness (QED) is 0.337. The lowest BCUT2D eigenvalue weighted by Gasteiger charge is -2.11. The van der Waals surface area contributed by atoms with Crippen molar-refractivity contribution in [1.82, 2.24) is 24.1 Å². The molecule has 11 heteroatoms. The molecule has 35 heavy (non-hydrogen) atoms. The maximum atomic E-state index is 12.9. The molecule has 0 saturated heterocycles. The first kappa shape index (κ1) is 22.7. The summed E-state index contributed by atoms with van der Waals surface area (Å²) in [7, 11) is 0. The van der Waals surface area contributed by atoms with E-state index < -0.39 is 12.7 Å². The van der Waals surface area contributed by atoms with E-state index in [2.05, 4.69) is 24.8 Å². The fourth-order valence-electron chi connectivity index (χ4n) is 3.67. The van der Waals surface area contributed by atoms with E-state index in [1.807, 2.05) is 19.1 Å². The molecule has 0 saturated carbocycles. The summed E-state index contributed by atoms with van der Waals surface area (Å²) in [5.41, 5.74) is 3.51. The van der Waals surface area contributed by atoms with E-state index in [9.17, 15) is 18.0 Å². The van der Waals surface area contributed by atoms with Crippen LogP contribution in [0.2, 0.25) is 0 Å². The van der Waals surface area contributed by atoms with Gasteiger partial charge < -0.3 is 5.32 Å². The monoisotopic (exact) mass is 494 g/mol. The van der Waals surface area contributed by atoms with Crippen molar-refractivity contribution in [3.8, 4) is 21.7 Å². The number of fused-ring (bicyclic) bond motifs is 1. The first-order valence-electron chi connectivity index (χ1n) is 10.5. The van der Waals surface area contributed by atoms with Gasteiger partial charge in [-0.2, -0.15) is 22.6 Å². The maximum absolute atomic E-state index is 12.9. The van der Waals surface area contributed by atoms with Crippen LogP contribution in [-0.2, 0) is 6.54 Å². The number of carbonyl (C=O) groups excluding carboxylic acids is 1. The molecule has 0 aliphatic carbocycles. The van der Waals surface area contributed by atoms with Crippen molar-refractivity contribution in [2.24, 2.45) is 0 Å². The van der Waals surface area contributed by atoms with Crippen LogP contribution in [0.4, 0.5) is 18.9 Å². The minimum Gasteiger partial charge on any atom is -0.320 e. The van der Waals surface area contributed by atoms with Gasteiger partial charge in [-0.25, -0.2) is 4.98 Å². The summed E-state index contributed by atoms with van der Waals surface area (Å²) in [6.45, 7) is 0.648. The van der Waals surface area contributed by atoms with Crippen LogP contribution >= 0.6 is 11.5 Å². The third-order valence-electron chi connectivity index (χ3n) is 5.23. The minimum absolute atomic E-state index is 0.317. The Morgan fingerprint density at radius 2 is 1.89 bits per heavy atom. The van der Waals surface area contributed by atoms with Crippen LogP contribution < -0.4 is 5.32 Å². The molecule has 1 N–H and O–H groups in total. The van der Waals surface area contributed by atoms with Gasteiger partial charge in [0.2, 0.25) is 0 Å². The van der Waals surface area contributed by atoms with Crippen molar-refractivity contribution in [2.45, 2.75) is 19.6 Å². The number of hydrogen-bond acceptors (Lipinski definition) is 6. The van der Waals surface area contributed by atoms with Gasteiger partial charge in [0, 0.05) is 34.5 Å². The molecule has 0 aliphatic rings. The number of alkyl halides is 3. The molecular weight excluding hydrogens is 477 g/mol. The van der Waals surface area contributed by atoms with Crippen molar-refractivity contribution in [3.05, 3.63) is 78.5 Å². The van der Waals surface area contributed by atoms with Gasteiger partial charge in [0.1, 0.15) is 17.4 Å². The molecule has 176 valence electrons. The first-order chi connectivity index (χ1) is 16.8. The first-order valence-corrected chi connectivity index (χ1v) is 11.2. The third-order valence-corrected chi connectivity index (χ3v) is 6.08. The Hall–Kier alpha value is -4.12. The second kappa shape index (κ2) is 8.91. The molecule has 0 unspecified atom stereocenters. The Labute approximate surface area is 201 Å². The number of amides is 1. The summed E-state index contributed by atoms with van der Waals surface area (Å²) < 4.78 is 43.2. The summed E-state index contributed by atoms with van der Waals surface area (Å²) in [5, 5.41) is 8.16. The molecule has 1 amide bonds. The van der Waals surface area contributed by atoms with E-state index in [1.165, 1.54) is 23.9 Å². The van der Waals surface area contributed by atoms with Crippen LogP contribution in [0, 0.1) is 6.92 Å². The Bertz CT molecular complexity index is 1520. The smallest absolute Gasteiger partial charge is 0.320 e. The Morgan fingerprint density at radius 3 is 2.60 bits per heavy atom. The number of halogens is 3. The number of aromatic nitrogens is 5. The highest BCUT2D eigenvalue weighted by molar-refractivity contribution is 7.09. The zero-order chi connectivity index (χ0) is 24.6. The van der Waals surface area contributed by atoms with Crippen molar-refractivity contribution in [1.29, 1.82) is 0 Å². The molecule has 0 radical (unpaired) electrons. The number of benzene rings is 2. The number of pyridine rings is 1. The van der Waals surface area contributed by atoms with E-state index in [0.29, 0.717) is 39.1 Å². The molecule has 2 aromatic carbocycles. The zero-order valence-corrected chi connectivity index (χ0v) is 19.1. The SMILES string of the molecule is Cc1nsc(-c2ccc(C(=O)Nc3cccc4c(-c5cnn(CC(F)(F)F)c5)ccnc34)cc2)n1. The summed E-state index contributed by atoms with van der Waals surface area (Å²) in [5.74, 6) is 0.380. The van der Waals surface area contributed by atoms with Gasteiger partial charge in [-0.05, 0) is 48.3 Å². The van der Waals surface area contributed by atoms with E-state index in [1.54, 1.807) is 42.6 Å². The average molecular weight is 495 g/mol. The summed E-state index contributed by atoms with van der Waals surface area (Å²) in [6, 6.07) is 14.0. The normalized spacial score (nSPS) is 11.7.